The van der Waals surface area contributed by atoms with Gasteiger partial charge in [0.1, 0.15) is 13.2 Å². The molecule has 1 aliphatic rings. The second-order valence-corrected chi connectivity index (χ2v) is 6.39. The first-order chi connectivity index (χ1) is 13.1. The monoisotopic (exact) mass is 371 g/mol. The second-order valence-electron chi connectivity index (χ2n) is 6.39. The maximum Gasteiger partial charge on any atom is 0.407 e. The highest BCUT2D eigenvalue weighted by Gasteiger charge is 2.27. The lowest BCUT2D eigenvalue weighted by atomic mass is 9.97. The molecule has 1 aromatic carbocycles. The van der Waals surface area contributed by atoms with E-state index in [1.54, 1.807) is 0 Å². The predicted molar refractivity (Wildman–Crippen MR) is 101 cm³/mol. The van der Waals surface area contributed by atoms with Gasteiger partial charge in [-0.15, -0.1) is 0 Å². The van der Waals surface area contributed by atoms with Crippen molar-refractivity contribution in [3.05, 3.63) is 57.9 Å². The summed E-state index contributed by atoms with van der Waals surface area (Å²) in [5, 5.41) is 4.93. The van der Waals surface area contributed by atoms with Gasteiger partial charge in [-0.1, -0.05) is 31.2 Å². The minimum Gasteiger partial charge on any atom is -0.445 e. The number of carbonyl (C=O) groups excluding carboxylic acids is 2. The van der Waals surface area contributed by atoms with E-state index in [0.29, 0.717) is 0 Å². The molecule has 0 fully saturated rings. The molecule has 0 radical (unpaired) electrons. The minimum absolute atomic E-state index is 0.142. The van der Waals surface area contributed by atoms with Crippen LogP contribution in [0.25, 0.3) is 0 Å². The normalized spacial score (nSPS) is 12.0. The number of carbonyl (C=O) groups is 2. The number of nitrogens with zero attached hydrogens (tertiary/aromatic N) is 1. The minimum atomic E-state index is -0.484. The van der Waals surface area contributed by atoms with Crippen LogP contribution in [0.15, 0.2) is 24.3 Å². The van der Waals surface area contributed by atoms with Crippen LogP contribution in [0, 0.1) is 0 Å². The molecule has 2 amide bonds. The fourth-order valence-electron chi connectivity index (χ4n) is 3.63. The van der Waals surface area contributed by atoms with Crippen molar-refractivity contribution in [2.24, 2.45) is 0 Å². The molecule has 0 bridgehead atoms. The highest BCUT2D eigenvalue weighted by Crippen LogP contribution is 2.33. The van der Waals surface area contributed by atoms with E-state index < -0.39 is 12.2 Å². The van der Waals surface area contributed by atoms with Gasteiger partial charge in [-0.25, -0.2) is 9.59 Å². The van der Waals surface area contributed by atoms with Gasteiger partial charge in [-0.2, -0.15) is 0 Å². The molecule has 27 heavy (non-hydrogen) atoms. The van der Waals surface area contributed by atoms with E-state index in [-0.39, 0.29) is 13.2 Å². The van der Waals surface area contributed by atoms with Crippen LogP contribution >= 0.6 is 0 Å². The van der Waals surface area contributed by atoms with Crippen molar-refractivity contribution in [3.8, 4) is 0 Å². The van der Waals surface area contributed by atoms with Crippen molar-refractivity contribution in [1.29, 1.82) is 0 Å². The van der Waals surface area contributed by atoms with Gasteiger partial charge in [0.2, 0.25) is 0 Å². The molecular formula is C20H25N3O4. The molecule has 144 valence electrons. The number of amides is 2. The van der Waals surface area contributed by atoms with Crippen LogP contribution in [0.2, 0.25) is 0 Å². The van der Waals surface area contributed by atoms with Crippen LogP contribution in [-0.2, 0) is 42.1 Å². The van der Waals surface area contributed by atoms with Crippen LogP contribution in [0.5, 0.6) is 0 Å². The molecule has 2 N–H and O–H groups in total. The maximum atomic E-state index is 11.6. The predicted octanol–water partition coefficient (Wildman–Crippen LogP) is 2.72. The van der Waals surface area contributed by atoms with Crippen molar-refractivity contribution < 1.29 is 19.1 Å². The van der Waals surface area contributed by atoms with Crippen LogP contribution in [0.1, 0.15) is 40.6 Å². The average Bonchev–Trinajstić information content (AvgIpc) is 2.99. The smallest absolute Gasteiger partial charge is 0.407 e. The lowest BCUT2D eigenvalue weighted by Crippen LogP contribution is -2.21. The first kappa shape index (κ1) is 18.8. The van der Waals surface area contributed by atoms with Gasteiger partial charge in [0.05, 0.1) is 0 Å². The summed E-state index contributed by atoms with van der Waals surface area (Å²) in [5.74, 6) is 0. The molecule has 3 rings (SSSR count). The number of benzene rings is 1. The first-order valence-electron chi connectivity index (χ1n) is 9.06. The van der Waals surface area contributed by atoms with Crippen LogP contribution in [0.4, 0.5) is 9.59 Å². The number of rotatable bonds is 5. The van der Waals surface area contributed by atoms with E-state index in [9.17, 15) is 9.59 Å². The summed E-state index contributed by atoms with van der Waals surface area (Å²) in [6, 6.07) is 8.35. The van der Waals surface area contributed by atoms with E-state index in [0.717, 1.165) is 41.9 Å². The number of hydrogen-bond acceptors (Lipinski definition) is 4. The zero-order chi connectivity index (χ0) is 19.4. The number of fused-ring (bicyclic) bond motifs is 2. The van der Waals surface area contributed by atoms with Gasteiger partial charge in [-0.3, -0.25) is 0 Å². The van der Waals surface area contributed by atoms with Crippen molar-refractivity contribution in [3.63, 3.8) is 0 Å². The molecule has 7 nitrogen and oxygen atoms in total. The quantitative estimate of drug-likeness (QED) is 0.723. The van der Waals surface area contributed by atoms with Gasteiger partial charge in [0.15, 0.2) is 0 Å². The van der Waals surface area contributed by atoms with E-state index in [1.807, 2.05) is 12.1 Å². The van der Waals surface area contributed by atoms with E-state index in [1.165, 1.54) is 25.2 Å². The third-order valence-electron chi connectivity index (χ3n) is 4.96. The standard InChI is InChI=1S/C20H25N3O4/c1-4-17-15(11-26-19(24)21-2)16(12-27-20(25)22-3)18-9-13-7-5-6-8-14(13)10-23(17)18/h5-8H,4,9-12H2,1-3H3,(H,21,24)(H,22,25). The Labute approximate surface area is 158 Å². The van der Waals surface area contributed by atoms with E-state index >= 15 is 0 Å². The molecular weight excluding hydrogens is 346 g/mol. The second kappa shape index (κ2) is 8.16. The molecule has 2 heterocycles. The van der Waals surface area contributed by atoms with Crippen LogP contribution in [-0.4, -0.2) is 30.8 Å². The SMILES string of the molecule is CCc1c(COC(=O)NC)c(COC(=O)NC)c2n1Cc1ccccc1C2. The van der Waals surface area contributed by atoms with Crippen molar-refractivity contribution in [2.45, 2.75) is 39.5 Å². The largest absolute Gasteiger partial charge is 0.445 e. The lowest BCUT2D eigenvalue weighted by molar-refractivity contribution is 0.134. The number of aromatic nitrogens is 1. The fourth-order valence-corrected chi connectivity index (χ4v) is 3.63. The highest BCUT2D eigenvalue weighted by molar-refractivity contribution is 5.67. The summed E-state index contributed by atoms with van der Waals surface area (Å²) >= 11 is 0. The molecule has 0 aliphatic carbocycles. The zero-order valence-corrected chi connectivity index (χ0v) is 15.9. The first-order valence-corrected chi connectivity index (χ1v) is 9.06. The number of ether oxygens (including phenoxy) is 2. The summed E-state index contributed by atoms with van der Waals surface area (Å²) in [7, 11) is 3.06. The molecule has 0 saturated heterocycles. The van der Waals surface area contributed by atoms with E-state index in [4.69, 9.17) is 9.47 Å². The molecule has 1 aromatic heterocycles. The molecule has 2 aromatic rings. The Morgan fingerprint density at radius 1 is 1.00 bits per heavy atom. The fraction of sp³-hybridized carbons (Fsp3) is 0.400. The van der Waals surface area contributed by atoms with Crippen LogP contribution < -0.4 is 10.6 Å². The Morgan fingerprint density at radius 2 is 1.59 bits per heavy atom. The third-order valence-corrected chi connectivity index (χ3v) is 4.96. The molecule has 7 heteroatoms. The summed E-state index contributed by atoms with van der Waals surface area (Å²) in [6.45, 7) is 3.13. The average molecular weight is 371 g/mol. The topological polar surface area (TPSA) is 81.6 Å². The summed E-state index contributed by atoms with van der Waals surface area (Å²) in [6.07, 6.45) is 0.585. The number of hydrogen-bond donors (Lipinski definition) is 2. The summed E-state index contributed by atoms with van der Waals surface area (Å²) < 4.78 is 12.9. The molecule has 0 saturated carbocycles. The van der Waals surface area contributed by atoms with Crippen molar-refractivity contribution in [1.82, 2.24) is 15.2 Å². The summed E-state index contributed by atoms with van der Waals surface area (Å²) in [4.78, 5) is 23.2. The Kier molecular flexibility index (Phi) is 5.69. The number of nitrogens with one attached hydrogen (secondary N) is 2. The Balaban J connectivity index is 2.01. The van der Waals surface area contributed by atoms with Gasteiger partial charge in [0, 0.05) is 49.6 Å². The Bertz CT molecular complexity index is 857. The lowest BCUT2D eigenvalue weighted by Gasteiger charge is -2.22. The van der Waals surface area contributed by atoms with Crippen molar-refractivity contribution in [2.75, 3.05) is 14.1 Å². The Morgan fingerprint density at radius 3 is 2.19 bits per heavy atom. The molecule has 0 unspecified atom stereocenters. The van der Waals surface area contributed by atoms with Gasteiger partial charge in [-0.05, 0) is 17.5 Å². The highest BCUT2D eigenvalue weighted by atomic mass is 16.6. The third kappa shape index (κ3) is 3.77. The molecule has 0 spiro atoms. The molecule has 1 aliphatic heterocycles. The zero-order valence-electron chi connectivity index (χ0n) is 15.9. The van der Waals surface area contributed by atoms with Gasteiger partial charge < -0.3 is 24.7 Å². The van der Waals surface area contributed by atoms with E-state index in [2.05, 4.69) is 34.3 Å². The number of alkyl carbamates (subject to hydrolysis) is 2. The van der Waals surface area contributed by atoms with Crippen LogP contribution in [0.3, 0.4) is 0 Å². The van der Waals surface area contributed by atoms with Crippen molar-refractivity contribution >= 4 is 12.2 Å². The molecule has 0 atom stereocenters. The van der Waals surface area contributed by atoms with Gasteiger partial charge in [0.25, 0.3) is 0 Å². The van der Waals surface area contributed by atoms with Gasteiger partial charge >= 0.3 is 12.2 Å². The maximum absolute atomic E-state index is 11.6. The Hall–Kier alpha value is -2.96. The summed E-state index contributed by atoms with van der Waals surface area (Å²) in [5.41, 5.74) is 6.63.